The van der Waals surface area contributed by atoms with Gasteiger partial charge in [-0.05, 0) is 31.3 Å². The first-order valence-electron chi connectivity index (χ1n) is 4.78. The average molecular weight is 166 g/mol. The molecule has 0 atom stereocenters. The maximum atomic E-state index is 7.78. The molecule has 0 heterocycles. The summed E-state index contributed by atoms with van der Waals surface area (Å²) in [7, 11) is 1.90. The first-order chi connectivity index (χ1) is 5.84. The normalized spacial score (nSPS) is 23.4. The Morgan fingerprint density at radius 2 is 1.83 bits per heavy atom. The molecule has 0 spiro atoms. The monoisotopic (exact) mass is 166 g/mol. The van der Waals surface area contributed by atoms with Gasteiger partial charge in [-0.25, -0.2) is 0 Å². The van der Waals surface area contributed by atoms with Crippen molar-refractivity contribution in [2.24, 2.45) is 0 Å². The minimum Gasteiger partial charge on any atom is -0.394 e. The van der Waals surface area contributed by atoms with E-state index < -0.39 is 0 Å². The molecule has 0 aromatic carbocycles. The van der Waals surface area contributed by atoms with E-state index in [1.807, 2.05) is 13.2 Å². The van der Waals surface area contributed by atoms with Crippen LogP contribution in [0.1, 0.15) is 38.5 Å². The van der Waals surface area contributed by atoms with Crippen LogP contribution in [0.4, 0.5) is 0 Å². The van der Waals surface area contributed by atoms with Gasteiger partial charge < -0.3 is 10.7 Å². The van der Waals surface area contributed by atoms with Crippen LogP contribution >= 0.6 is 0 Å². The Hall–Kier alpha value is -0.790. The second kappa shape index (κ2) is 4.96. The van der Waals surface area contributed by atoms with Crippen molar-refractivity contribution < 1.29 is 0 Å². The minimum absolute atomic E-state index is 0.837. The number of allylic oxidation sites excluding steroid dienone is 1. The molecule has 2 heteroatoms. The molecule has 2 N–H and O–H groups in total. The summed E-state index contributed by atoms with van der Waals surface area (Å²) in [6.45, 7) is 0. The van der Waals surface area contributed by atoms with Gasteiger partial charge in [-0.3, -0.25) is 0 Å². The molecule has 0 aliphatic heterocycles. The standard InChI is InChI=1S/C10H18N2/c1-12-8-9-6-4-2-3-5-7-10(9)11/h8,11-12H,2-7H2,1H3/b9-8-,11-10?. The third-order valence-corrected chi connectivity index (χ3v) is 2.33. The van der Waals surface area contributed by atoms with Crippen LogP contribution in [-0.2, 0) is 0 Å². The fourth-order valence-corrected chi connectivity index (χ4v) is 1.62. The molecule has 68 valence electrons. The van der Waals surface area contributed by atoms with Crippen molar-refractivity contribution in [1.82, 2.24) is 5.32 Å². The molecule has 2 nitrogen and oxygen atoms in total. The van der Waals surface area contributed by atoms with E-state index in [0.29, 0.717) is 0 Å². The molecule has 12 heavy (non-hydrogen) atoms. The van der Waals surface area contributed by atoms with Crippen LogP contribution in [0.15, 0.2) is 11.8 Å². The van der Waals surface area contributed by atoms with Crippen molar-refractivity contribution >= 4 is 5.71 Å². The molecule has 0 amide bonds. The molecular formula is C10H18N2. The zero-order chi connectivity index (χ0) is 8.81. The highest BCUT2D eigenvalue weighted by molar-refractivity contribution is 5.97. The quantitative estimate of drug-likeness (QED) is 0.616. The lowest BCUT2D eigenvalue weighted by Gasteiger charge is -2.12. The molecule has 0 bridgehead atoms. The molecule has 0 aromatic heterocycles. The van der Waals surface area contributed by atoms with E-state index in [9.17, 15) is 0 Å². The molecule has 0 radical (unpaired) electrons. The van der Waals surface area contributed by atoms with Crippen molar-refractivity contribution in [2.75, 3.05) is 7.05 Å². The molecule has 1 aliphatic rings. The summed E-state index contributed by atoms with van der Waals surface area (Å²) in [4.78, 5) is 0. The van der Waals surface area contributed by atoms with Crippen molar-refractivity contribution in [3.63, 3.8) is 0 Å². The molecular weight excluding hydrogens is 148 g/mol. The van der Waals surface area contributed by atoms with Gasteiger partial charge in [0.05, 0.1) is 0 Å². The number of nitrogens with one attached hydrogen (secondary N) is 2. The Labute approximate surface area is 74.6 Å². The predicted octanol–water partition coefficient (Wildman–Crippen LogP) is 2.46. The lowest BCUT2D eigenvalue weighted by molar-refractivity contribution is 0.637. The van der Waals surface area contributed by atoms with Gasteiger partial charge in [0.15, 0.2) is 0 Å². The van der Waals surface area contributed by atoms with E-state index in [1.165, 1.54) is 31.3 Å². The molecule has 1 rings (SSSR count). The summed E-state index contributed by atoms with van der Waals surface area (Å²) in [6, 6.07) is 0. The summed E-state index contributed by atoms with van der Waals surface area (Å²) in [5.41, 5.74) is 2.04. The van der Waals surface area contributed by atoms with Crippen LogP contribution in [0.2, 0.25) is 0 Å². The summed E-state index contributed by atoms with van der Waals surface area (Å²) in [5.74, 6) is 0. The summed E-state index contributed by atoms with van der Waals surface area (Å²) in [5, 5.41) is 10.8. The van der Waals surface area contributed by atoms with Crippen LogP contribution in [0.5, 0.6) is 0 Å². The van der Waals surface area contributed by atoms with E-state index in [1.54, 1.807) is 0 Å². The topological polar surface area (TPSA) is 35.9 Å². The van der Waals surface area contributed by atoms with E-state index in [4.69, 9.17) is 5.41 Å². The predicted molar refractivity (Wildman–Crippen MR) is 52.6 cm³/mol. The molecule has 0 saturated heterocycles. The number of hydrogen-bond acceptors (Lipinski definition) is 2. The third-order valence-electron chi connectivity index (χ3n) is 2.33. The van der Waals surface area contributed by atoms with Crippen molar-refractivity contribution in [1.29, 1.82) is 5.41 Å². The van der Waals surface area contributed by atoms with Crippen LogP contribution in [0, 0.1) is 5.41 Å². The average Bonchev–Trinajstić information content (AvgIpc) is 2.05. The fraction of sp³-hybridized carbons (Fsp3) is 0.700. The van der Waals surface area contributed by atoms with Gasteiger partial charge in [-0.15, -0.1) is 0 Å². The third kappa shape index (κ3) is 2.68. The Bertz CT molecular complexity index is 182. The highest BCUT2D eigenvalue weighted by Gasteiger charge is 2.07. The first-order valence-corrected chi connectivity index (χ1v) is 4.78. The molecule has 1 saturated carbocycles. The Balaban J connectivity index is 2.55. The van der Waals surface area contributed by atoms with Gasteiger partial charge in [0.1, 0.15) is 0 Å². The Morgan fingerprint density at radius 1 is 1.17 bits per heavy atom. The van der Waals surface area contributed by atoms with Crippen LogP contribution in [0.25, 0.3) is 0 Å². The van der Waals surface area contributed by atoms with Crippen LogP contribution < -0.4 is 5.32 Å². The summed E-state index contributed by atoms with van der Waals surface area (Å²) >= 11 is 0. The van der Waals surface area contributed by atoms with Crippen molar-refractivity contribution in [3.8, 4) is 0 Å². The lowest BCUT2D eigenvalue weighted by Crippen LogP contribution is -2.08. The van der Waals surface area contributed by atoms with E-state index in [0.717, 1.165) is 18.6 Å². The van der Waals surface area contributed by atoms with Crippen LogP contribution in [-0.4, -0.2) is 12.8 Å². The highest BCUT2D eigenvalue weighted by Crippen LogP contribution is 2.18. The zero-order valence-electron chi connectivity index (χ0n) is 7.82. The SMILES string of the molecule is CN/C=C1/CCCCCCC1=N. The molecule has 1 aliphatic carbocycles. The molecule has 0 aromatic rings. The largest absolute Gasteiger partial charge is 0.394 e. The van der Waals surface area contributed by atoms with E-state index >= 15 is 0 Å². The second-order valence-electron chi connectivity index (χ2n) is 3.35. The van der Waals surface area contributed by atoms with Gasteiger partial charge in [-0.1, -0.05) is 12.8 Å². The molecule has 1 fully saturated rings. The first kappa shape index (κ1) is 9.30. The fourth-order valence-electron chi connectivity index (χ4n) is 1.62. The van der Waals surface area contributed by atoms with Crippen molar-refractivity contribution in [2.45, 2.75) is 38.5 Å². The van der Waals surface area contributed by atoms with E-state index in [2.05, 4.69) is 5.32 Å². The van der Waals surface area contributed by atoms with Gasteiger partial charge in [0, 0.05) is 19.0 Å². The van der Waals surface area contributed by atoms with Gasteiger partial charge in [-0.2, -0.15) is 0 Å². The smallest absolute Gasteiger partial charge is 0.0360 e. The maximum Gasteiger partial charge on any atom is 0.0360 e. The number of rotatable bonds is 1. The van der Waals surface area contributed by atoms with Crippen LogP contribution in [0.3, 0.4) is 0 Å². The summed E-state index contributed by atoms with van der Waals surface area (Å²) in [6.07, 6.45) is 9.10. The van der Waals surface area contributed by atoms with E-state index in [-0.39, 0.29) is 0 Å². The van der Waals surface area contributed by atoms with Gasteiger partial charge in [0.25, 0.3) is 0 Å². The maximum absolute atomic E-state index is 7.78. The second-order valence-corrected chi connectivity index (χ2v) is 3.35. The highest BCUT2D eigenvalue weighted by atomic mass is 14.8. The summed E-state index contributed by atoms with van der Waals surface area (Å²) < 4.78 is 0. The lowest BCUT2D eigenvalue weighted by atomic mass is 9.95. The van der Waals surface area contributed by atoms with Crippen molar-refractivity contribution in [3.05, 3.63) is 11.8 Å². The molecule has 0 unspecified atom stereocenters. The Kier molecular flexibility index (Phi) is 3.85. The van der Waals surface area contributed by atoms with Gasteiger partial charge in [0.2, 0.25) is 0 Å². The Morgan fingerprint density at radius 3 is 2.50 bits per heavy atom. The zero-order valence-corrected chi connectivity index (χ0v) is 7.82. The minimum atomic E-state index is 0.837. The number of hydrogen-bond donors (Lipinski definition) is 2. The van der Waals surface area contributed by atoms with Gasteiger partial charge >= 0.3 is 0 Å².